The molecule has 6 nitrogen and oxygen atoms in total. The maximum absolute atomic E-state index is 13.4. The fraction of sp³-hybridized carbons (Fsp3) is 0.200. The molecule has 1 fully saturated rings. The van der Waals surface area contributed by atoms with Gasteiger partial charge in [0, 0.05) is 18.5 Å². The van der Waals surface area contributed by atoms with E-state index in [9.17, 15) is 14.7 Å². The number of aliphatic hydroxyl groups is 1. The highest BCUT2D eigenvalue weighted by Crippen LogP contribution is 2.42. The molecule has 0 aromatic heterocycles. The Morgan fingerprint density at radius 1 is 1.11 bits per heavy atom. The lowest BCUT2D eigenvalue weighted by atomic mass is 9.94. The van der Waals surface area contributed by atoms with Gasteiger partial charge in [0.1, 0.15) is 30.0 Å². The fourth-order valence-electron chi connectivity index (χ4n) is 4.82. The first-order chi connectivity index (χ1) is 17.5. The van der Waals surface area contributed by atoms with Crippen molar-refractivity contribution in [2.24, 2.45) is 0 Å². The molecule has 2 atom stereocenters. The normalized spacial score (nSPS) is 20.2. The van der Waals surface area contributed by atoms with E-state index in [2.05, 4.69) is 6.58 Å². The summed E-state index contributed by atoms with van der Waals surface area (Å²) in [7, 11) is 0. The van der Waals surface area contributed by atoms with Crippen LogP contribution in [0.15, 0.2) is 91.0 Å². The van der Waals surface area contributed by atoms with Crippen molar-refractivity contribution in [3.63, 3.8) is 0 Å². The Kier molecular flexibility index (Phi) is 6.34. The van der Waals surface area contributed by atoms with E-state index in [1.807, 2.05) is 55.5 Å². The van der Waals surface area contributed by atoms with E-state index in [1.165, 1.54) is 4.90 Å². The molecule has 2 aliphatic heterocycles. The van der Waals surface area contributed by atoms with Gasteiger partial charge in [-0.2, -0.15) is 0 Å². The van der Waals surface area contributed by atoms with Gasteiger partial charge in [0.05, 0.1) is 11.6 Å². The van der Waals surface area contributed by atoms with Gasteiger partial charge in [-0.25, -0.2) is 0 Å². The Balaban J connectivity index is 1.62. The second-order valence-corrected chi connectivity index (χ2v) is 9.04. The lowest BCUT2D eigenvalue weighted by molar-refractivity contribution is -0.140. The Bertz CT molecular complexity index is 1360. The molecule has 2 aliphatic rings. The van der Waals surface area contributed by atoms with Crippen molar-refractivity contribution >= 4 is 17.4 Å². The molecular formula is C30H27NO5. The topological polar surface area (TPSA) is 76.1 Å². The molecule has 1 amide bonds. The number of ether oxygens (including phenoxy) is 2. The van der Waals surface area contributed by atoms with E-state index >= 15 is 0 Å². The molecule has 0 bridgehead atoms. The standard InChI is InChI=1S/C30H27NO5/c1-3-14-35-24-11-7-10-21(17-24)27-26(28(32)22-12-13-25-23(16-22)15-19(2)36-25)29(33)30(34)31(27)18-20-8-5-4-6-9-20/h3-13,16-17,19,27,32H,1,14-15,18H2,2H3/b28-26+. The zero-order valence-corrected chi connectivity index (χ0v) is 20.0. The molecule has 3 aromatic rings. The smallest absolute Gasteiger partial charge is 0.295 e. The third-order valence-corrected chi connectivity index (χ3v) is 6.45. The van der Waals surface area contributed by atoms with Crippen molar-refractivity contribution in [2.75, 3.05) is 6.61 Å². The number of benzene rings is 3. The summed E-state index contributed by atoms with van der Waals surface area (Å²) in [5.41, 5.74) is 3.05. The average molecular weight is 482 g/mol. The van der Waals surface area contributed by atoms with E-state index in [0.717, 1.165) is 16.9 Å². The summed E-state index contributed by atoms with van der Waals surface area (Å²) < 4.78 is 11.5. The zero-order valence-electron chi connectivity index (χ0n) is 20.0. The first-order valence-electron chi connectivity index (χ1n) is 11.9. The molecule has 5 rings (SSSR count). The van der Waals surface area contributed by atoms with Gasteiger partial charge in [-0.15, -0.1) is 0 Å². The molecule has 0 spiro atoms. The van der Waals surface area contributed by atoms with Gasteiger partial charge in [0.2, 0.25) is 0 Å². The number of hydrogen-bond acceptors (Lipinski definition) is 5. The monoisotopic (exact) mass is 481 g/mol. The summed E-state index contributed by atoms with van der Waals surface area (Å²) in [5.74, 6) is -0.209. The Morgan fingerprint density at radius 3 is 2.69 bits per heavy atom. The molecule has 0 radical (unpaired) electrons. The molecule has 0 aliphatic carbocycles. The Hall–Kier alpha value is -4.32. The van der Waals surface area contributed by atoms with E-state index in [1.54, 1.807) is 30.3 Å². The first-order valence-corrected chi connectivity index (χ1v) is 11.9. The van der Waals surface area contributed by atoms with Crippen LogP contribution in [0.2, 0.25) is 0 Å². The van der Waals surface area contributed by atoms with E-state index in [-0.39, 0.29) is 24.0 Å². The largest absolute Gasteiger partial charge is 0.507 e. The molecule has 182 valence electrons. The number of fused-ring (bicyclic) bond motifs is 1. The highest BCUT2D eigenvalue weighted by atomic mass is 16.5. The molecule has 1 N–H and O–H groups in total. The minimum Gasteiger partial charge on any atom is -0.507 e. The molecule has 2 heterocycles. The number of amides is 1. The number of carbonyl (C=O) groups is 2. The maximum atomic E-state index is 13.4. The first kappa shape index (κ1) is 23.4. The number of Topliss-reactive ketones (excluding diaryl/α,β-unsaturated/α-hetero) is 1. The number of likely N-dealkylation sites (tertiary alicyclic amines) is 1. The molecule has 0 saturated carbocycles. The molecule has 1 saturated heterocycles. The molecule has 2 unspecified atom stereocenters. The van der Waals surface area contributed by atoms with E-state index in [4.69, 9.17) is 9.47 Å². The van der Waals surface area contributed by atoms with Crippen LogP contribution in [-0.4, -0.2) is 34.4 Å². The van der Waals surface area contributed by atoms with Crippen LogP contribution < -0.4 is 9.47 Å². The summed E-state index contributed by atoms with van der Waals surface area (Å²) in [6.07, 6.45) is 2.41. The number of aliphatic hydroxyl groups excluding tert-OH is 1. The minimum atomic E-state index is -0.777. The molecule has 3 aromatic carbocycles. The van der Waals surface area contributed by atoms with E-state index in [0.29, 0.717) is 29.9 Å². The summed E-state index contributed by atoms with van der Waals surface area (Å²) in [6, 6.07) is 21.3. The lowest BCUT2D eigenvalue weighted by Gasteiger charge is -2.26. The van der Waals surface area contributed by atoms with Crippen LogP contribution in [-0.2, 0) is 22.6 Å². The second-order valence-electron chi connectivity index (χ2n) is 9.04. The second kappa shape index (κ2) is 9.74. The van der Waals surface area contributed by atoms with Crippen LogP contribution in [0.3, 0.4) is 0 Å². The van der Waals surface area contributed by atoms with Crippen molar-refractivity contribution in [3.8, 4) is 11.5 Å². The van der Waals surface area contributed by atoms with E-state index < -0.39 is 17.7 Å². The van der Waals surface area contributed by atoms with Crippen molar-refractivity contribution in [2.45, 2.75) is 32.0 Å². The van der Waals surface area contributed by atoms with Gasteiger partial charge >= 0.3 is 0 Å². The highest BCUT2D eigenvalue weighted by Gasteiger charge is 2.46. The van der Waals surface area contributed by atoms with Crippen LogP contribution in [0.4, 0.5) is 0 Å². The summed E-state index contributed by atoms with van der Waals surface area (Å²) in [5, 5.41) is 11.4. The van der Waals surface area contributed by atoms with Gasteiger partial charge in [0.25, 0.3) is 11.7 Å². The van der Waals surface area contributed by atoms with Crippen molar-refractivity contribution in [3.05, 3.63) is 113 Å². The zero-order chi connectivity index (χ0) is 25.2. The van der Waals surface area contributed by atoms with Gasteiger partial charge in [-0.05, 0) is 53.9 Å². The summed E-state index contributed by atoms with van der Waals surface area (Å²) >= 11 is 0. The van der Waals surface area contributed by atoms with Crippen LogP contribution >= 0.6 is 0 Å². The Labute approximate surface area is 210 Å². The predicted octanol–water partition coefficient (Wildman–Crippen LogP) is 5.20. The Morgan fingerprint density at radius 2 is 1.92 bits per heavy atom. The number of nitrogens with zero attached hydrogens (tertiary/aromatic N) is 1. The van der Waals surface area contributed by atoms with Crippen molar-refractivity contribution < 1.29 is 24.2 Å². The highest BCUT2D eigenvalue weighted by molar-refractivity contribution is 6.46. The number of hydrogen-bond donors (Lipinski definition) is 1. The molecule has 6 heteroatoms. The predicted molar refractivity (Wildman–Crippen MR) is 137 cm³/mol. The van der Waals surface area contributed by atoms with Crippen molar-refractivity contribution in [1.82, 2.24) is 4.90 Å². The van der Waals surface area contributed by atoms with Gasteiger partial charge in [0.15, 0.2) is 0 Å². The van der Waals surface area contributed by atoms with Crippen LogP contribution in [0, 0.1) is 0 Å². The quantitative estimate of drug-likeness (QED) is 0.217. The summed E-state index contributed by atoms with van der Waals surface area (Å²) in [4.78, 5) is 28.2. The van der Waals surface area contributed by atoms with Crippen LogP contribution in [0.25, 0.3) is 5.76 Å². The number of rotatable bonds is 7. The molecular weight excluding hydrogens is 454 g/mol. The van der Waals surface area contributed by atoms with Gasteiger partial charge in [-0.3, -0.25) is 9.59 Å². The minimum absolute atomic E-state index is 0.0483. The average Bonchev–Trinajstić information content (AvgIpc) is 3.39. The van der Waals surface area contributed by atoms with Gasteiger partial charge < -0.3 is 19.5 Å². The SMILES string of the molecule is C=CCOc1cccc(C2/C(=C(\O)c3ccc4c(c3)CC(C)O4)C(=O)C(=O)N2Cc2ccccc2)c1. The maximum Gasteiger partial charge on any atom is 0.295 e. The fourth-order valence-corrected chi connectivity index (χ4v) is 4.82. The lowest BCUT2D eigenvalue weighted by Crippen LogP contribution is -2.29. The van der Waals surface area contributed by atoms with Gasteiger partial charge in [-0.1, -0.05) is 55.1 Å². The third kappa shape index (κ3) is 4.38. The molecule has 36 heavy (non-hydrogen) atoms. The van der Waals surface area contributed by atoms with Crippen LogP contribution in [0.5, 0.6) is 11.5 Å². The number of ketones is 1. The van der Waals surface area contributed by atoms with Crippen molar-refractivity contribution in [1.29, 1.82) is 0 Å². The summed E-state index contributed by atoms with van der Waals surface area (Å²) in [6.45, 7) is 6.21. The number of carbonyl (C=O) groups excluding carboxylic acids is 2. The third-order valence-electron chi connectivity index (χ3n) is 6.45. The van der Waals surface area contributed by atoms with Crippen LogP contribution in [0.1, 0.15) is 35.2 Å².